The van der Waals surface area contributed by atoms with E-state index in [4.69, 9.17) is 16.3 Å². The highest BCUT2D eigenvalue weighted by Gasteiger charge is 2.29. The van der Waals surface area contributed by atoms with E-state index in [0.29, 0.717) is 0 Å². The lowest BCUT2D eigenvalue weighted by atomic mass is 10.0. The molecule has 0 saturated heterocycles. The van der Waals surface area contributed by atoms with Crippen molar-refractivity contribution in [2.24, 2.45) is 0 Å². The van der Waals surface area contributed by atoms with Gasteiger partial charge in [0.25, 0.3) is 0 Å². The number of carboxylic acids is 1. The SMILES string of the molecule is CC(C)(C)OC(=O)NC(Cc1cc(Cl)c(Br)c([N+](=O)[O-])c1O)C(=O)O. The van der Waals surface area contributed by atoms with Crippen LogP contribution in [0.3, 0.4) is 0 Å². The smallest absolute Gasteiger partial charge is 0.408 e. The van der Waals surface area contributed by atoms with E-state index in [0.717, 1.165) is 0 Å². The van der Waals surface area contributed by atoms with Gasteiger partial charge in [0.1, 0.15) is 16.1 Å². The topological polar surface area (TPSA) is 139 Å². The number of nitrogens with one attached hydrogen (secondary N) is 1. The highest BCUT2D eigenvalue weighted by Crippen LogP contribution is 2.42. The van der Waals surface area contributed by atoms with Gasteiger partial charge in [-0.2, -0.15) is 0 Å². The van der Waals surface area contributed by atoms with Crippen LogP contribution in [-0.2, 0) is 16.0 Å². The summed E-state index contributed by atoms with van der Waals surface area (Å²) in [5.74, 6) is -2.15. The van der Waals surface area contributed by atoms with Crippen LogP contribution < -0.4 is 5.32 Å². The van der Waals surface area contributed by atoms with Gasteiger partial charge in [-0.3, -0.25) is 10.1 Å². The summed E-state index contributed by atoms with van der Waals surface area (Å²) in [6.07, 6.45) is -1.41. The first kappa shape index (κ1) is 21.0. The lowest BCUT2D eigenvalue weighted by molar-refractivity contribution is -0.386. The fourth-order valence-corrected chi connectivity index (χ4v) is 2.51. The van der Waals surface area contributed by atoms with Gasteiger partial charge in [-0.1, -0.05) is 11.6 Å². The van der Waals surface area contributed by atoms with Crippen molar-refractivity contribution >= 4 is 45.3 Å². The molecule has 0 aromatic heterocycles. The number of nitro groups is 1. The van der Waals surface area contributed by atoms with Gasteiger partial charge in [0.2, 0.25) is 0 Å². The van der Waals surface area contributed by atoms with Gasteiger partial charge in [0.15, 0.2) is 5.75 Å². The van der Waals surface area contributed by atoms with Gasteiger partial charge in [0.05, 0.1) is 9.95 Å². The van der Waals surface area contributed by atoms with Crippen molar-refractivity contribution < 1.29 is 29.5 Å². The van der Waals surface area contributed by atoms with Crippen LogP contribution in [0.4, 0.5) is 10.5 Å². The number of benzene rings is 1. The number of aromatic hydroxyl groups is 1. The molecule has 1 atom stereocenters. The molecule has 9 nitrogen and oxygen atoms in total. The largest absolute Gasteiger partial charge is 0.502 e. The zero-order valence-electron chi connectivity index (χ0n) is 13.5. The Morgan fingerprint density at radius 2 is 2.04 bits per heavy atom. The van der Waals surface area contributed by atoms with E-state index < -0.39 is 46.5 Å². The summed E-state index contributed by atoms with van der Waals surface area (Å²) >= 11 is 8.76. The third-order valence-electron chi connectivity index (χ3n) is 2.84. The van der Waals surface area contributed by atoms with Crippen LogP contribution in [0.25, 0.3) is 0 Å². The molecule has 138 valence electrons. The van der Waals surface area contributed by atoms with Gasteiger partial charge in [-0.15, -0.1) is 0 Å². The summed E-state index contributed by atoms with van der Waals surface area (Å²) in [6, 6.07) is -0.307. The standard InChI is InChI=1S/C14H16BrClN2O7/c1-14(2,3)25-13(22)17-8(12(20)21)5-6-4-7(16)9(15)10(11(6)19)18(23)24/h4,8,19H,5H2,1-3H3,(H,17,22)(H,20,21). The molecule has 0 aliphatic heterocycles. The van der Waals surface area contributed by atoms with E-state index in [-0.39, 0.29) is 15.1 Å². The number of phenolic OH excluding ortho intramolecular Hbond substituents is 1. The molecule has 1 aromatic rings. The zero-order valence-corrected chi connectivity index (χ0v) is 15.8. The average Bonchev–Trinajstić information content (AvgIpc) is 2.41. The van der Waals surface area contributed by atoms with E-state index in [1.807, 2.05) is 0 Å². The maximum Gasteiger partial charge on any atom is 0.408 e. The lowest BCUT2D eigenvalue weighted by Crippen LogP contribution is -2.44. The fraction of sp³-hybridized carbons (Fsp3) is 0.429. The summed E-state index contributed by atoms with van der Waals surface area (Å²) in [6.45, 7) is 4.81. The number of halogens is 2. The van der Waals surface area contributed by atoms with E-state index in [1.165, 1.54) is 6.07 Å². The Bertz CT molecular complexity index is 718. The first-order chi connectivity index (χ1) is 11.3. The molecule has 1 aromatic carbocycles. The number of ether oxygens (including phenoxy) is 1. The third kappa shape index (κ3) is 5.75. The summed E-state index contributed by atoms with van der Waals surface area (Å²) in [4.78, 5) is 33.3. The summed E-state index contributed by atoms with van der Waals surface area (Å²) in [7, 11) is 0. The number of carbonyl (C=O) groups excluding carboxylic acids is 1. The molecule has 25 heavy (non-hydrogen) atoms. The maximum absolute atomic E-state index is 11.7. The number of nitro benzene ring substituents is 1. The molecule has 0 spiro atoms. The monoisotopic (exact) mass is 438 g/mol. The van der Waals surface area contributed by atoms with Crippen LogP contribution in [0.2, 0.25) is 5.02 Å². The van der Waals surface area contributed by atoms with Gasteiger partial charge < -0.3 is 20.3 Å². The zero-order chi connectivity index (χ0) is 19.5. The van der Waals surface area contributed by atoms with Crippen molar-refractivity contribution in [3.8, 4) is 5.75 Å². The van der Waals surface area contributed by atoms with E-state index in [9.17, 15) is 29.9 Å². The number of carboxylic acid groups (broad SMARTS) is 1. The number of aliphatic carboxylic acids is 1. The third-order valence-corrected chi connectivity index (χ3v) is 4.17. The van der Waals surface area contributed by atoms with Gasteiger partial charge in [-0.25, -0.2) is 9.59 Å². The molecular weight excluding hydrogens is 424 g/mol. The number of hydrogen-bond acceptors (Lipinski definition) is 6. The Kier molecular flexibility index (Phi) is 6.61. The van der Waals surface area contributed by atoms with Crippen LogP contribution >= 0.6 is 27.5 Å². The molecule has 1 rings (SSSR count). The van der Waals surface area contributed by atoms with Gasteiger partial charge >= 0.3 is 17.7 Å². The molecule has 1 unspecified atom stereocenters. The Balaban J connectivity index is 3.13. The molecule has 3 N–H and O–H groups in total. The van der Waals surface area contributed by atoms with Gasteiger partial charge in [-0.05, 0) is 42.8 Å². The van der Waals surface area contributed by atoms with Crippen LogP contribution in [0.1, 0.15) is 26.3 Å². The number of rotatable bonds is 5. The molecule has 11 heteroatoms. The van der Waals surface area contributed by atoms with E-state index in [2.05, 4.69) is 21.2 Å². The number of alkyl carbamates (subject to hydrolysis) is 1. The Labute approximate surface area is 156 Å². The normalized spacial score (nSPS) is 12.4. The van der Waals surface area contributed by atoms with Crippen LogP contribution in [-0.4, -0.2) is 38.8 Å². The first-order valence-corrected chi connectivity index (χ1v) is 8.07. The minimum atomic E-state index is -1.49. The Morgan fingerprint density at radius 1 is 1.48 bits per heavy atom. The van der Waals surface area contributed by atoms with E-state index >= 15 is 0 Å². The second-order valence-corrected chi connectivity index (χ2v) is 7.23. The highest BCUT2D eigenvalue weighted by molar-refractivity contribution is 9.10. The van der Waals surface area contributed by atoms with E-state index in [1.54, 1.807) is 20.8 Å². The number of phenols is 1. The Morgan fingerprint density at radius 3 is 2.48 bits per heavy atom. The second kappa shape index (κ2) is 7.87. The quantitative estimate of drug-likeness (QED) is 0.472. The molecule has 0 fully saturated rings. The van der Waals surface area contributed by atoms with Crippen molar-refractivity contribution in [2.75, 3.05) is 0 Å². The van der Waals surface area contributed by atoms with Gasteiger partial charge in [0, 0.05) is 12.0 Å². The molecular formula is C14H16BrClN2O7. The minimum Gasteiger partial charge on any atom is -0.502 e. The summed E-state index contributed by atoms with van der Waals surface area (Å²) in [5, 5.41) is 32.4. The van der Waals surface area contributed by atoms with Crippen molar-refractivity contribution in [1.82, 2.24) is 5.32 Å². The highest BCUT2D eigenvalue weighted by atomic mass is 79.9. The maximum atomic E-state index is 11.7. The first-order valence-electron chi connectivity index (χ1n) is 6.90. The number of amides is 1. The molecule has 0 saturated carbocycles. The predicted molar refractivity (Wildman–Crippen MR) is 92.0 cm³/mol. The summed E-state index contributed by atoms with van der Waals surface area (Å²) < 4.78 is 4.84. The molecule has 1 amide bonds. The number of carbonyl (C=O) groups is 2. The average molecular weight is 440 g/mol. The lowest BCUT2D eigenvalue weighted by Gasteiger charge is -2.22. The van der Waals surface area contributed by atoms with Crippen LogP contribution in [0.5, 0.6) is 5.75 Å². The number of hydrogen-bond donors (Lipinski definition) is 3. The minimum absolute atomic E-state index is 0.0825. The molecule has 0 aliphatic carbocycles. The molecule has 0 heterocycles. The molecule has 0 aliphatic rings. The van der Waals surface area contributed by atoms with Crippen molar-refractivity contribution in [2.45, 2.75) is 38.8 Å². The second-order valence-electron chi connectivity index (χ2n) is 6.03. The van der Waals surface area contributed by atoms with Crippen molar-refractivity contribution in [3.05, 3.63) is 31.2 Å². The van der Waals surface area contributed by atoms with Crippen molar-refractivity contribution in [3.63, 3.8) is 0 Å². The Hall–Kier alpha value is -2.07. The van der Waals surface area contributed by atoms with Crippen LogP contribution in [0, 0.1) is 10.1 Å². The molecule has 0 bridgehead atoms. The number of nitrogens with zero attached hydrogens (tertiary/aromatic N) is 1. The molecule has 0 radical (unpaired) electrons. The summed E-state index contributed by atoms with van der Waals surface area (Å²) in [5.41, 5.74) is -1.64. The van der Waals surface area contributed by atoms with Crippen molar-refractivity contribution in [1.29, 1.82) is 0 Å². The van der Waals surface area contributed by atoms with Crippen LogP contribution in [0.15, 0.2) is 10.5 Å². The predicted octanol–water partition coefficient (Wildman–Crippen LogP) is 3.24. The fourth-order valence-electron chi connectivity index (χ4n) is 1.85.